The van der Waals surface area contributed by atoms with E-state index in [1.807, 2.05) is 11.7 Å². The fourth-order valence-corrected chi connectivity index (χ4v) is 2.02. The summed E-state index contributed by atoms with van der Waals surface area (Å²) >= 11 is 0. The molecule has 3 heteroatoms. The molecular formula is C11H19N3. The van der Waals surface area contributed by atoms with E-state index in [2.05, 4.69) is 37.0 Å². The van der Waals surface area contributed by atoms with Crippen molar-refractivity contribution in [2.24, 2.45) is 7.05 Å². The molecule has 1 aromatic rings. The summed E-state index contributed by atoms with van der Waals surface area (Å²) in [7, 11) is 2.00. The predicted octanol–water partition coefficient (Wildman–Crippen LogP) is 1.58. The summed E-state index contributed by atoms with van der Waals surface area (Å²) < 4.78 is 1.93. The summed E-state index contributed by atoms with van der Waals surface area (Å²) in [6, 6.07) is 0. The molecule has 0 unspecified atom stereocenters. The van der Waals surface area contributed by atoms with Crippen molar-refractivity contribution < 1.29 is 0 Å². The zero-order valence-electron chi connectivity index (χ0n) is 9.54. The molecule has 0 spiro atoms. The Hall–Kier alpha value is -0.830. The molecule has 0 saturated heterocycles. The van der Waals surface area contributed by atoms with Gasteiger partial charge in [0.15, 0.2) is 0 Å². The van der Waals surface area contributed by atoms with E-state index in [9.17, 15) is 0 Å². The van der Waals surface area contributed by atoms with Gasteiger partial charge in [-0.15, -0.1) is 0 Å². The van der Waals surface area contributed by atoms with E-state index in [0.29, 0.717) is 0 Å². The van der Waals surface area contributed by atoms with Crippen LogP contribution in [0.3, 0.4) is 0 Å². The first-order valence-corrected chi connectivity index (χ1v) is 5.23. The molecule has 1 aliphatic heterocycles. The maximum Gasteiger partial charge on any atom is 0.0682 e. The molecule has 0 aromatic carbocycles. The molecule has 3 nitrogen and oxygen atoms in total. The van der Waals surface area contributed by atoms with Crippen LogP contribution in [0.5, 0.6) is 0 Å². The number of nitrogens with zero attached hydrogens (tertiary/aromatic N) is 3. The molecule has 0 N–H and O–H groups in total. The van der Waals surface area contributed by atoms with Gasteiger partial charge in [0.05, 0.1) is 5.69 Å². The Morgan fingerprint density at radius 1 is 1.36 bits per heavy atom. The summed E-state index contributed by atoms with van der Waals surface area (Å²) in [4.78, 5) is 2.51. The van der Waals surface area contributed by atoms with Gasteiger partial charge in [-0.25, -0.2) is 0 Å². The lowest BCUT2D eigenvalue weighted by Crippen LogP contribution is -2.44. The van der Waals surface area contributed by atoms with Crippen LogP contribution in [0.15, 0.2) is 6.20 Å². The van der Waals surface area contributed by atoms with Crippen molar-refractivity contribution in [1.29, 1.82) is 0 Å². The minimum absolute atomic E-state index is 0.271. The smallest absolute Gasteiger partial charge is 0.0682 e. The van der Waals surface area contributed by atoms with Gasteiger partial charge in [0.1, 0.15) is 0 Å². The van der Waals surface area contributed by atoms with Crippen molar-refractivity contribution in [2.75, 3.05) is 6.54 Å². The van der Waals surface area contributed by atoms with Gasteiger partial charge in [-0.1, -0.05) is 0 Å². The Kier molecular flexibility index (Phi) is 2.14. The maximum atomic E-state index is 4.46. The highest BCUT2D eigenvalue weighted by atomic mass is 15.3. The number of hydrogen-bond acceptors (Lipinski definition) is 2. The molecule has 0 atom stereocenters. The summed E-state index contributed by atoms with van der Waals surface area (Å²) in [6.07, 6.45) is 3.24. The Morgan fingerprint density at radius 3 is 2.71 bits per heavy atom. The normalized spacial score (nSPS) is 18.3. The molecule has 0 bridgehead atoms. The van der Waals surface area contributed by atoms with E-state index in [0.717, 1.165) is 19.5 Å². The fourth-order valence-electron chi connectivity index (χ4n) is 2.02. The maximum absolute atomic E-state index is 4.46. The molecule has 0 aliphatic carbocycles. The highest BCUT2D eigenvalue weighted by Gasteiger charge is 2.26. The second-order valence-corrected chi connectivity index (χ2v) is 5.12. The molecule has 0 radical (unpaired) electrons. The van der Waals surface area contributed by atoms with Gasteiger partial charge < -0.3 is 0 Å². The summed E-state index contributed by atoms with van der Waals surface area (Å²) in [6.45, 7) is 9.00. The molecular weight excluding hydrogens is 174 g/mol. The Morgan fingerprint density at radius 2 is 2.07 bits per heavy atom. The van der Waals surface area contributed by atoms with Crippen LogP contribution < -0.4 is 0 Å². The number of fused-ring (bicyclic) bond motifs is 1. The van der Waals surface area contributed by atoms with Crippen LogP contribution in [0.25, 0.3) is 0 Å². The monoisotopic (exact) mass is 193 g/mol. The van der Waals surface area contributed by atoms with Gasteiger partial charge in [-0.05, 0) is 20.8 Å². The van der Waals surface area contributed by atoms with Crippen molar-refractivity contribution in [2.45, 2.75) is 39.3 Å². The van der Waals surface area contributed by atoms with E-state index in [4.69, 9.17) is 0 Å². The highest BCUT2D eigenvalue weighted by Crippen LogP contribution is 2.23. The molecule has 0 amide bonds. The average Bonchev–Trinajstić information content (AvgIpc) is 2.41. The predicted molar refractivity (Wildman–Crippen MR) is 57.1 cm³/mol. The van der Waals surface area contributed by atoms with E-state index in [-0.39, 0.29) is 5.54 Å². The van der Waals surface area contributed by atoms with Crippen LogP contribution in [0.1, 0.15) is 32.0 Å². The van der Waals surface area contributed by atoms with E-state index >= 15 is 0 Å². The van der Waals surface area contributed by atoms with Gasteiger partial charge in [-0.3, -0.25) is 9.58 Å². The molecule has 0 saturated carbocycles. The lowest BCUT2D eigenvalue weighted by molar-refractivity contribution is 0.120. The fraction of sp³-hybridized carbons (Fsp3) is 0.727. The van der Waals surface area contributed by atoms with Gasteiger partial charge in [-0.2, -0.15) is 5.10 Å². The van der Waals surface area contributed by atoms with Gasteiger partial charge in [0.2, 0.25) is 0 Å². The molecule has 2 rings (SSSR count). The van der Waals surface area contributed by atoms with Crippen LogP contribution in [-0.4, -0.2) is 26.8 Å². The third-order valence-corrected chi connectivity index (χ3v) is 2.92. The minimum Gasteiger partial charge on any atom is -0.294 e. The number of hydrogen-bond donors (Lipinski definition) is 0. The van der Waals surface area contributed by atoms with Gasteiger partial charge in [0, 0.05) is 43.9 Å². The second kappa shape index (κ2) is 3.09. The summed E-state index contributed by atoms with van der Waals surface area (Å²) in [5, 5.41) is 4.46. The molecule has 0 fully saturated rings. The second-order valence-electron chi connectivity index (χ2n) is 5.12. The van der Waals surface area contributed by atoms with E-state index < -0.39 is 0 Å². The van der Waals surface area contributed by atoms with Crippen LogP contribution in [0, 0.1) is 0 Å². The van der Waals surface area contributed by atoms with E-state index in [1.54, 1.807) is 0 Å². The minimum atomic E-state index is 0.271. The van der Waals surface area contributed by atoms with E-state index in [1.165, 1.54) is 11.3 Å². The standard InChI is InChI=1S/C11H19N3/c1-11(2,3)14-6-5-10-9(8-14)7-13(4)12-10/h7H,5-6,8H2,1-4H3. The highest BCUT2D eigenvalue weighted by molar-refractivity contribution is 5.20. The lowest BCUT2D eigenvalue weighted by atomic mass is 10.00. The molecule has 14 heavy (non-hydrogen) atoms. The van der Waals surface area contributed by atoms with Crippen LogP contribution in [0.2, 0.25) is 0 Å². The van der Waals surface area contributed by atoms with Gasteiger partial charge in [0.25, 0.3) is 0 Å². The molecule has 1 aromatic heterocycles. The Balaban J connectivity index is 2.21. The molecule has 2 heterocycles. The zero-order valence-corrected chi connectivity index (χ0v) is 9.54. The Bertz CT molecular complexity index is 333. The van der Waals surface area contributed by atoms with Crippen molar-refractivity contribution >= 4 is 0 Å². The lowest BCUT2D eigenvalue weighted by Gasteiger charge is -2.37. The first-order chi connectivity index (χ1) is 6.47. The zero-order chi connectivity index (χ0) is 10.3. The van der Waals surface area contributed by atoms with Gasteiger partial charge >= 0.3 is 0 Å². The first-order valence-electron chi connectivity index (χ1n) is 5.23. The SMILES string of the molecule is Cn1cc2c(n1)CCN(C(C)(C)C)C2. The van der Waals surface area contributed by atoms with Crippen molar-refractivity contribution in [3.8, 4) is 0 Å². The molecule has 1 aliphatic rings. The van der Waals surface area contributed by atoms with Crippen molar-refractivity contribution in [1.82, 2.24) is 14.7 Å². The quantitative estimate of drug-likeness (QED) is 0.623. The Labute approximate surface area is 85.7 Å². The number of aryl methyl sites for hydroxylation is 1. The third kappa shape index (κ3) is 1.69. The van der Waals surface area contributed by atoms with Crippen molar-refractivity contribution in [3.05, 3.63) is 17.5 Å². The average molecular weight is 193 g/mol. The van der Waals surface area contributed by atoms with Crippen LogP contribution >= 0.6 is 0 Å². The van der Waals surface area contributed by atoms with Crippen LogP contribution in [0.4, 0.5) is 0 Å². The van der Waals surface area contributed by atoms with Crippen LogP contribution in [-0.2, 0) is 20.0 Å². The summed E-state index contributed by atoms with van der Waals surface area (Å²) in [5.74, 6) is 0. The largest absolute Gasteiger partial charge is 0.294 e. The topological polar surface area (TPSA) is 21.1 Å². The number of rotatable bonds is 0. The third-order valence-electron chi connectivity index (χ3n) is 2.92. The van der Waals surface area contributed by atoms with Crippen molar-refractivity contribution in [3.63, 3.8) is 0 Å². The molecule has 78 valence electrons. The first kappa shape index (κ1) is 9.71. The summed E-state index contributed by atoms with van der Waals surface area (Å²) in [5.41, 5.74) is 2.95. The number of aromatic nitrogens is 2.